The predicted molar refractivity (Wildman–Crippen MR) is 69.9 cm³/mol. The highest BCUT2D eigenvalue weighted by molar-refractivity contribution is 7.89. The first-order chi connectivity index (χ1) is 8.47. The normalized spacial score (nSPS) is 13.5. The fraction of sp³-hybridized carbons (Fsp3) is 0.545. The largest absolute Gasteiger partial charge is 0.396 e. The van der Waals surface area contributed by atoms with Gasteiger partial charge in [0.05, 0.1) is 5.02 Å². The molecule has 102 valence electrons. The molecular weight excluding hydrogens is 276 g/mol. The van der Waals surface area contributed by atoms with Gasteiger partial charge in [-0.05, 0) is 24.8 Å². The smallest absolute Gasteiger partial charge is 0.243 e. The molecule has 1 aromatic rings. The number of sulfonamides is 1. The second-order valence-electron chi connectivity index (χ2n) is 4.13. The van der Waals surface area contributed by atoms with Crippen molar-refractivity contribution in [2.45, 2.75) is 24.7 Å². The van der Waals surface area contributed by atoms with E-state index in [-0.39, 0.29) is 22.4 Å². The standard InChI is InChI=1S/C11H17ClN2O3S/c1-9(8-15)3-2-5-14-18(16,17)11-7-13-6-4-10(11)12/h4,6-7,9,14-15H,2-3,5,8H2,1H3. The van der Waals surface area contributed by atoms with Crippen LogP contribution in [-0.2, 0) is 10.0 Å². The van der Waals surface area contributed by atoms with E-state index >= 15 is 0 Å². The van der Waals surface area contributed by atoms with Gasteiger partial charge in [0.2, 0.25) is 10.0 Å². The maximum absolute atomic E-state index is 11.9. The van der Waals surface area contributed by atoms with Crippen LogP contribution in [0.3, 0.4) is 0 Å². The van der Waals surface area contributed by atoms with Crippen LogP contribution in [0.15, 0.2) is 23.4 Å². The molecule has 0 saturated carbocycles. The van der Waals surface area contributed by atoms with E-state index in [1.54, 1.807) is 0 Å². The first kappa shape index (κ1) is 15.4. The van der Waals surface area contributed by atoms with Gasteiger partial charge in [0.25, 0.3) is 0 Å². The summed E-state index contributed by atoms with van der Waals surface area (Å²) >= 11 is 5.80. The van der Waals surface area contributed by atoms with Crippen molar-refractivity contribution < 1.29 is 13.5 Å². The van der Waals surface area contributed by atoms with Crippen molar-refractivity contribution in [1.29, 1.82) is 0 Å². The topological polar surface area (TPSA) is 79.3 Å². The molecule has 0 aromatic carbocycles. The van der Waals surface area contributed by atoms with Crippen molar-refractivity contribution in [3.05, 3.63) is 23.5 Å². The zero-order valence-electron chi connectivity index (χ0n) is 10.1. The molecule has 0 saturated heterocycles. The van der Waals surface area contributed by atoms with Gasteiger partial charge in [0.15, 0.2) is 0 Å². The number of nitrogens with one attached hydrogen (secondary N) is 1. The maximum atomic E-state index is 11.9. The summed E-state index contributed by atoms with van der Waals surface area (Å²) in [6.45, 7) is 2.34. The molecule has 1 rings (SSSR count). The SMILES string of the molecule is CC(CO)CCCNS(=O)(=O)c1cnccc1Cl. The van der Waals surface area contributed by atoms with E-state index in [4.69, 9.17) is 16.7 Å². The summed E-state index contributed by atoms with van der Waals surface area (Å²) in [6, 6.07) is 1.43. The third-order valence-electron chi connectivity index (χ3n) is 2.50. The summed E-state index contributed by atoms with van der Waals surface area (Å²) in [5, 5.41) is 9.00. The fourth-order valence-corrected chi connectivity index (χ4v) is 2.89. The summed E-state index contributed by atoms with van der Waals surface area (Å²) in [5.41, 5.74) is 0. The zero-order chi connectivity index (χ0) is 13.6. The Balaban J connectivity index is 2.54. The second-order valence-corrected chi connectivity index (χ2v) is 6.28. The minimum absolute atomic E-state index is 0.0122. The van der Waals surface area contributed by atoms with Gasteiger partial charge >= 0.3 is 0 Å². The molecule has 0 spiro atoms. The number of rotatable bonds is 7. The van der Waals surface area contributed by atoms with Gasteiger partial charge in [-0.3, -0.25) is 4.98 Å². The fourth-order valence-electron chi connectivity index (χ4n) is 1.39. The van der Waals surface area contributed by atoms with E-state index in [0.717, 1.165) is 6.42 Å². The minimum Gasteiger partial charge on any atom is -0.396 e. The highest BCUT2D eigenvalue weighted by atomic mass is 35.5. The summed E-state index contributed by atoms with van der Waals surface area (Å²) in [5.74, 6) is 0.177. The number of hydrogen-bond acceptors (Lipinski definition) is 4. The molecule has 7 heteroatoms. The molecule has 0 aliphatic carbocycles. The third kappa shape index (κ3) is 4.53. The summed E-state index contributed by atoms with van der Waals surface area (Å²) in [6.07, 6.45) is 4.09. The van der Waals surface area contributed by atoms with E-state index in [2.05, 4.69) is 9.71 Å². The first-order valence-electron chi connectivity index (χ1n) is 5.67. The Bertz CT molecular complexity index is 479. The third-order valence-corrected chi connectivity index (χ3v) is 4.43. The van der Waals surface area contributed by atoms with Crippen LogP contribution in [0, 0.1) is 5.92 Å². The second kappa shape index (κ2) is 7.04. The summed E-state index contributed by atoms with van der Waals surface area (Å²) in [7, 11) is -3.60. The van der Waals surface area contributed by atoms with Crippen LogP contribution in [-0.4, -0.2) is 31.7 Å². The number of aliphatic hydroxyl groups excluding tert-OH is 1. The molecule has 18 heavy (non-hydrogen) atoms. The molecule has 2 N–H and O–H groups in total. The van der Waals surface area contributed by atoms with Crippen molar-refractivity contribution in [3.63, 3.8) is 0 Å². The highest BCUT2D eigenvalue weighted by Gasteiger charge is 2.17. The zero-order valence-corrected chi connectivity index (χ0v) is 11.7. The molecular formula is C11H17ClN2O3S. The summed E-state index contributed by atoms with van der Waals surface area (Å²) in [4.78, 5) is 3.73. The molecule has 1 aromatic heterocycles. The van der Waals surface area contributed by atoms with Gasteiger partial charge in [-0.15, -0.1) is 0 Å². The van der Waals surface area contributed by atoms with Crippen LogP contribution in [0.5, 0.6) is 0 Å². The number of aliphatic hydroxyl groups is 1. The van der Waals surface area contributed by atoms with Crippen LogP contribution >= 0.6 is 11.6 Å². The molecule has 0 radical (unpaired) electrons. The van der Waals surface area contributed by atoms with E-state index < -0.39 is 10.0 Å². The number of pyridine rings is 1. The Morgan fingerprint density at radius 1 is 1.56 bits per heavy atom. The Kier molecular flexibility index (Phi) is 6.01. The van der Waals surface area contributed by atoms with Crippen molar-refractivity contribution in [3.8, 4) is 0 Å². The van der Waals surface area contributed by atoms with Crippen molar-refractivity contribution in [2.75, 3.05) is 13.2 Å². The molecule has 1 unspecified atom stereocenters. The Hall–Kier alpha value is -0.690. The molecule has 0 fully saturated rings. The van der Waals surface area contributed by atoms with E-state index in [1.807, 2.05) is 6.92 Å². The van der Waals surface area contributed by atoms with Crippen molar-refractivity contribution >= 4 is 21.6 Å². The van der Waals surface area contributed by atoms with Crippen LogP contribution < -0.4 is 4.72 Å². The predicted octanol–water partition coefficient (Wildman–Crippen LogP) is 1.42. The van der Waals surface area contributed by atoms with Gasteiger partial charge < -0.3 is 5.11 Å². The van der Waals surface area contributed by atoms with Gasteiger partial charge in [0.1, 0.15) is 4.90 Å². The number of hydrogen-bond donors (Lipinski definition) is 2. The average molecular weight is 293 g/mol. The minimum atomic E-state index is -3.60. The Labute approximate surface area is 112 Å². The Morgan fingerprint density at radius 3 is 2.89 bits per heavy atom. The number of nitrogens with zero attached hydrogens (tertiary/aromatic N) is 1. The number of aromatic nitrogens is 1. The van der Waals surface area contributed by atoms with E-state index in [1.165, 1.54) is 18.5 Å². The van der Waals surface area contributed by atoms with Crippen LogP contribution in [0.1, 0.15) is 19.8 Å². The van der Waals surface area contributed by atoms with Crippen LogP contribution in [0.4, 0.5) is 0 Å². The van der Waals surface area contributed by atoms with Crippen molar-refractivity contribution in [2.24, 2.45) is 5.92 Å². The molecule has 0 aliphatic rings. The number of halogens is 1. The lowest BCUT2D eigenvalue weighted by Gasteiger charge is -2.09. The molecule has 5 nitrogen and oxygen atoms in total. The molecule has 0 aliphatic heterocycles. The lowest BCUT2D eigenvalue weighted by Crippen LogP contribution is -2.25. The first-order valence-corrected chi connectivity index (χ1v) is 7.53. The van der Waals surface area contributed by atoms with Crippen LogP contribution in [0.25, 0.3) is 0 Å². The Morgan fingerprint density at radius 2 is 2.28 bits per heavy atom. The van der Waals surface area contributed by atoms with Gasteiger partial charge in [-0.25, -0.2) is 13.1 Å². The van der Waals surface area contributed by atoms with Crippen LogP contribution in [0.2, 0.25) is 5.02 Å². The molecule has 1 atom stereocenters. The average Bonchev–Trinajstić information content (AvgIpc) is 2.34. The quantitative estimate of drug-likeness (QED) is 0.745. The lowest BCUT2D eigenvalue weighted by molar-refractivity contribution is 0.228. The van der Waals surface area contributed by atoms with E-state index in [9.17, 15) is 8.42 Å². The van der Waals surface area contributed by atoms with Crippen molar-refractivity contribution in [1.82, 2.24) is 9.71 Å². The molecule has 1 heterocycles. The van der Waals surface area contributed by atoms with Gasteiger partial charge in [-0.1, -0.05) is 18.5 Å². The van der Waals surface area contributed by atoms with Gasteiger partial charge in [0, 0.05) is 25.5 Å². The lowest BCUT2D eigenvalue weighted by atomic mass is 10.1. The van der Waals surface area contributed by atoms with Gasteiger partial charge in [-0.2, -0.15) is 0 Å². The van der Waals surface area contributed by atoms with E-state index in [0.29, 0.717) is 13.0 Å². The molecule has 0 amide bonds. The maximum Gasteiger partial charge on any atom is 0.243 e. The monoisotopic (exact) mass is 292 g/mol. The highest BCUT2D eigenvalue weighted by Crippen LogP contribution is 2.18. The summed E-state index contributed by atoms with van der Waals surface area (Å²) < 4.78 is 26.2. The molecule has 0 bridgehead atoms.